The second-order valence-electron chi connectivity index (χ2n) is 7.67. The topological polar surface area (TPSA) is 6.48 Å². The number of hydrogen-bond acceptors (Lipinski definition) is 2. The molecule has 0 fully saturated rings. The molecule has 0 saturated heterocycles. The third-order valence-corrected chi connectivity index (χ3v) is 4.14. The molecular formula is C16H36N2. The first-order valence-electron chi connectivity index (χ1n) is 7.41. The summed E-state index contributed by atoms with van der Waals surface area (Å²) in [6.07, 6.45) is 1.22. The van der Waals surface area contributed by atoms with E-state index >= 15 is 0 Å². The molecule has 0 aromatic rings. The highest BCUT2D eigenvalue weighted by atomic mass is 15.2. The van der Waals surface area contributed by atoms with Gasteiger partial charge in [-0.25, -0.2) is 0 Å². The zero-order valence-electron chi connectivity index (χ0n) is 14.5. The van der Waals surface area contributed by atoms with Crippen LogP contribution in [-0.4, -0.2) is 46.6 Å². The van der Waals surface area contributed by atoms with Crippen LogP contribution in [0.2, 0.25) is 0 Å². The summed E-state index contributed by atoms with van der Waals surface area (Å²) in [7, 11) is 2.24. The molecule has 0 N–H and O–H groups in total. The molecule has 2 nitrogen and oxygen atoms in total. The lowest BCUT2D eigenvalue weighted by Gasteiger charge is -2.43. The highest BCUT2D eigenvalue weighted by molar-refractivity contribution is 4.85. The second-order valence-corrected chi connectivity index (χ2v) is 7.67. The van der Waals surface area contributed by atoms with Gasteiger partial charge in [-0.3, -0.25) is 9.80 Å². The fraction of sp³-hybridized carbons (Fsp3) is 1.00. The first-order chi connectivity index (χ1) is 7.91. The zero-order valence-corrected chi connectivity index (χ0v) is 14.5. The molecule has 0 radical (unpaired) electrons. The quantitative estimate of drug-likeness (QED) is 0.733. The first kappa shape index (κ1) is 17.9. The molecule has 0 saturated carbocycles. The Bertz CT molecular complexity index is 234. The molecular weight excluding hydrogens is 220 g/mol. The second kappa shape index (κ2) is 6.38. The van der Waals surface area contributed by atoms with Gasteiger partial charge in [0, 0.05) is 23.2 Å². The van der Waals surface area contributed by atoms with Crippen molar-refractivity contribution >= 4 is 0 Å². The van der Waals surface area contributed by atoms with Gasteiger partial charge >= 0.3 is 0 Å². The summed E-state index contributed by atoms with van der Waals surface area (Å²) in [6.45, 7) is 21.9. The van der Waals surface area contributed by atoms with Gasteiger partial charge in [-0.05, 0) is 75.4 Å². The van der Waals surface area contributed by atoms with Crippen molar-refractivity contribution in [2.24, 2.45) is 0 Å². The molecule has 0 aromatic carbocycles. The van der Waals surface area contributed by atoms with E-state index in [-0.39, 0.29) is 11.1 Å². The monoisotopic (exact) mass is 256 g/mol. The van der Waals surface area contributed by atoms with Gasteiger partial charge in [0.15, 0.2) is 0 Å². The molecule has 0 bridgehead atoms. The molecule has 0 amide bonds. The van der Waals surface area contributed by atoms with Gasteiger partial charge in [-0.15, -0.1) is 0 Å². The molecule has 2 atom stereocenters. The molecule has 0 aromatic heterocycles. The summed E-state index contributed by atoms with van der Waals surface area (Å²) < 4.78 is 0. The standard InChI is InChI=1S/C16H36N2/c1-11-18(16(7,8)9)14(3)12-13(2)17(10)15(4,5)6/h13-14H,11-12H2,1-10H3. The molecule has 0 aliphatic carbocycles. The predicted molar refractivity (Wildman–Crippen MR) is 83.2 cm³/mol. The van der Waals surface area contributed by atoms with E-state index in [2.05, 4.69) is 79.2 Å². The Morgan fingerprint density at radius 2 is 1.28 bits per heavy atom. The Kier molecular flexibility index (Phi) is 6.35. The fourth-order valence-corrected chi connectivity index (χ4v) is 2.89. The molecule has 18 heavy (non-hydrogen) atoms. The summed E-state index contributed by atoms with van der Waals surface area (Å²) in [4.78, 5) is 5.08. The van der Waals surface area contributed by atoms with Gasteiger partial charge in [0.2, 0.25) is 0 Å². The van der Waals surface area contributed by atoms with Crippen molar-refractivity contribution < 1.29 is 0 Å². The van der Waals surface area contributed by atoms with Crippen LogP contribution in [0, 0.1) is 0 Å². The SMILES string of the molecule is CCN(C(C)CC(C)N(C)C(C)(C)C)C(C)(C)C. The maximum Gasteiger partial charge on any atom is 0.0127 e. The van der Waals surface area contributed by atoms with E-state index in [9.17, 15) is 0 Å². The van der Waals surface area contributed by atoms with E-state index in [1.807, 2.05) is 0 Å². The Morgan fingerprint density at radius 3 is 1.56 bits per heavy atom. The maximum atomic E-state index is 2.60. The third kappa shape index (κ3) is 5.27. The van der Waals surface area contributed by atoms with E-state index in [0.717, 1.165) is 6.54 Å². The van der Waals surface area contributed by atoms with Crippen LogP contribution in [0.5, 0.6) is 0 Å². The summed E-state index contributed by atoms with van der Waals surface area (Å²) >= 11 is 0. The molecule has 0 spiro atoms. The van der Waals surface area contributed by atoms with Gasteiger partial charge < -0.3 is 0 Å². The number of hydrogen-bond donors (Lipinski definition) is 0. The minimum Gasteiger partial charge on any atom is -0.299 e. The van der Waals surface area contributed by atoms with Crippen LogP contribution in [-0.2, 0) is 0 Å². The fourth-order valence-electron chi connectivity index (χ4n) is 2.89. The highest BCUT2D eigenvalue weighted by Gasteiger charge is 2.28. The minimum atomic E-state index is 0.248. The van der Waals surface area contributed by atoms with Crippen LogP contribution in [0.4, 0.5) is 0 Å². The number of rotatable bonds is 5. The van der Waals surface area contributed by atoms with Crippen molar-refractivity contribution in [1.29, 1.82) is 0 Å². The Labute approximate surface area is 116 Å². The average Bonchev–Trinajstić information content (AvgIpc) is 2.13. The largest absolute Gasteiger partial charge is 0.299 e. The molecule has 0 heterocycles. The van der Waals surface area contributed by atoms with Crippen LogP contribution in [0.1, 0.15) is 68.7 Å². The lowest BCUT2D eigenvalue weighted by Crippen LogP contribution is -2.51. The van der Waals surface area contributed by atoms with Gasteiger partial charge in [-0.2, -0.15) is 0 Å². The van der Waals surface area contributed by atoms with Crippen molar-refractivity contribution in [2.45, 2.75) is 91.9 Å². The van der Waals surface area contributed by atoms with Crippen LogP contribution < -0.4 is 0 Å². The molecule has 2 unspecified atom stereocenters. The Morgan fingerprint density at radius 1 is 0.833 bits per heavy atom. The van der Waals surface area contributed by atoms with Crippen molar-refractivity contribution in [2.75, 3.05) is 13.6 Å². The van der Waals surface area contributed by atoms with Crippen molar-refractivity contribution in [3.63, 3.8) is 0 Å². The van der Waals surface area contributed by atoms with E-state index in [0.29, 0.717) is 12.1 Å². The van der Waals surface area contributed by atoms with Gasteiger partial charge in [0.1, 0.15) is 0 Å². The average molecular weight is 256 g/mol. The van der Waals surface area contributed by atoms with Crippen LogP contribution >= 0.6 is 0 Å². The zero-order chi connectivity index (χ0) is 14.7. The van der Waals surface area contributed by atoms with Crippen LogP contribution in [0.3, 0.4) is 0 Å². The summed E-state index contributed by atoms with van der Waals surface area (Å²) in [6, 6.07) is 1.23. The lowest BCUT2D eigenvalue weighted by atomic mass is 9.97. The lowest BCUT2D eigenvalue weighted by molar-refractivity contribution is 0.0556. The Balaban J connectivity index is 4.60. The number of nitrogens with zero attached hydrogens (tertiary/aromatic N) is 2. The maximum absolute atomic E-state index is 2.60. The van der Waals surface area contributed by atoms with Crippen molar-refractivity contribution in [3.05, 3.63) is 0 Å². The van der Waals surface area contributed by atoms with E-state index < -0.39 is 0 Å². The van der Waals surface area contributed by atoms with E-state index in [1.165, 1.54) is 6.42 Å². The van der Waals surface area contributed by atoms with Gasteiger partial charge in [-0.1, -0.05) is 6.92 Å². The smallest absolute Gasteiger partial charge is 0.0127 e. The summed E-state index contributed by atoms with van der Waals surface area (Å²) in [5.74, 6) is 0. The first-order valence-corrected chi connectivity index (χ1v) is 7.41. The highest BCUT2D eigenvalue weighted by Crippen LogP contribution is 2.23. The van der Waals surface area contributed by atoms with Crippen molar-refractivity contribution in [3.8, 4) is 0 Å². The molecule has 0 rings (SSSR count). The summed E-state index contributed by atoms with van der Waals surface area (Å²) in [5, 5.41) is 0. The van der Waals surface area contributed by atoms with Gasteiger partial charge in [0.25, 0.3) is 0 Å². The van der Waals surface area contributed by atoms with Crippen molar-refractivity contribution in [1.82, 2.24) is 9.80 Å². The van der Waals surface area contributed by atoms with Crippen LogP contribution in [0.25, 0.3) is 0 Å². The minimum absolute atomic E-state index is 0.248. The molecule has 110 valence electrons. The van der Waals surface area contributed by atoms with Crippen LogP contribution in [0.15, 0.2) is 0 Å². The molecule has 2 heteroatoms. The van der Waals surface area contributed by atoms with Gasteiger partial charge in [0.05, 0.1) is 0 Å². The van der Waals surface area contributed by atoms with E-state index in [1.54, 1.807) is 0 Å². The predicted octanol–water partition coefficient (Wildman–Crippen LogP) is 4.00. The summed E-state index contributed by atoms with van der Waals surface area (Å²) in [5.41, 5.74) is 0.506. The Hall–Kier alpha value is -0.0800. The molecule has 0 aliphatic heterocycles. The normalized spacial score (nSPS) is 17.3. The third-order valence-electron chi connectivity index (χ3n) is 4.14. The molecule has 0 aliphatic rings. The van der Waals surface area contributed by atoms with E-state index in [4.69, 9.17) is 0 Å².